The molecule has 0 radical (unpaired) electrons. The lowest BCUT2D eigenvalue weighted by molar-refractivity contribution is -0.155. The maximum atomic E-state index is 12.0. The third-order valence-corrected chi connectivity index (χ3v) is 5.07. The number of hydrogen-bond donors (Lipinski definition) is 3. The summed E-state index contributed by atoms with van der Waals surface area (Å²) in [5.74, 6) is -2.63. The first-order valence-electron chi connectivity index (χ1n) is 6.59. The number of cyclic esters (lactones) is 1. The highest BCUT2D eigenvalue weighted by atomic mass is 32.2. The Kier molecular flexibility index (Phi) is 4.68. The molecule has 3 atom stereocenters. The average Bonchev–Trinajstić information content (AvgIpc) is 2.66. The molecule has 2 saturated heterocycles. The first-order valence-corrected chi connectivity index (χ1v) is 8.42. The smallest absolute Gasteiger partial charge is 0.310 e. The predicted octanol–water partition coefficient (Wildman–Crippen LogP) is -3.68. The molecule has 2 aliphatic heterocycles. The summed E-state index contributed by atoms with van der Waals surface area (Å²) in [4.78, 5) is 35.8. The third-order valence-electron chi connectivity index (χ3n) is 3.40. The molecule has 4 N–H and O–H groups in total. The van der Waals surface area contributed by atoms with E-state index in [-0.39, 0.29) is 18.7 Å². The van der Waals surface area contributed by atoms with Crippen molar-refractivity contribution in [3.63, 3.8) is 0 Å². The summed E-state index contributed by atoms with van der Waals surface area (Å²) in [6.45, 7) is -0.537. The van der Waals surface area contributed by atoms with Gasteiger partial charge in [0.2, 0.25) is 18.1 Å². The molecule has 22 heavy (non-hydrogen) atoms. The van der Waals surface area contributed by atoms with Gasteiger partial charge in [-0.1, -0.05) is 0 Å². The van der Waals surface area contributed by atoms with Crippen LogP contribution in [0.2, 0.25) is 0 Å². The maximum absolute atomic E-state index is 12.0. The van der Waals surface area contributed by atoms with Crippen molar-refractivity contribution in [1.29, 1.82) is 0 Å². The molecule has 0 aliphatic carbocycles. The van der Waals surface area contributed by atoms with Crippen LogP contribution in [0.1, 0.15) is 6.42 Å². The number of aliphatic hydroxyl groups excluding tert-OH is 1. The summed E-state index contributed by atoms with van der Waals surface area (Å²) in [6, 6.07) is -2.10. The Morgan fingerprint density at radius 2 is 2.14 bits per heavy atom. The Hall–Kier alpha value is -1.72. The molecule has 2 aliphatic rings. The summed E-state index contributed by atoms with van der Waals surface area (Å²) < 4.78 is 27.6. The molecule has 10 nitrogen and oxygen atoms in total. The van der Waals surface area contributed by atoms with Crippen molar-refractivity contribution in [1.82, 2.24) is 10.2 Å². The molecule has 0 bridgehead atoms. The lowest BCUT2D eigenvalue weighted by atomic mass is 10.2. The Balaban J connectivity index is 1.95. The Morgan fingerprint density at radius 1 is 1.45 bits per heavy atom. The standard InChI is InChI=1S/C11H17N3O7S/c12-6-5-22(19,20)2-1-14(10(6)17)4-8(15)13-7-3-9(16)21-11(7)18/h6-7,11,18H,1-5,12H2,(H,13,15). The van der Waals surface area contributed by atoms with Crippen LogP contribution < -0.4 is 11.1 Å². The highest BCUT2D eigenvalue weighted by molar-refractivity contribution is 7.91. The number of nitrogens with zero attached hydrogens (tertiary/aromatic N) is 1. The lowest BCUT2D eigenvalue weighted by Crippen LogP contribution is -2.50. The number of hydrogen-bond acceptors (Lipinski definition) is 8. The first-order chi connectivity index (χ1) is 10.2. The van der Waals surface area contributed by atoms with E-state index in [4.69, 9.17) is 5.73 Å². The van der Waals surface area contributed by atoms with E-state index in [9.17, 15) is 27.9 Å². The van der Waals surface area contributed by atoms with E-state index in [0.29, 0.717) is 0 Å². The van der Waals surface area contributed by atoms with Gasteiger partial charge in [-0.2, -0.15) is 0 Å². The second-order valence-electron chi connectivity index (χ2n) is 5.24. The maximum Gasteiger partial charge on any atom is 0.310 e. The zero-order valence-electron chi connectivity index (χ0n) is 11.6. The van der Waals surface area contributed by atoms with Crippen molar-refractivity contribution in [2.75, 3.05) is 24.6 Å². The SMILES string of the molecule is NC1CS(=O)(=O)CCN(CC(=O)NC2CC(=O)OC2O)C1=O. The van der Waals surface area contributed by atoms with Crippen LogP contribution in [-0.2, 0) is 29.0 Å². The summed E-state index contributed by atoms with van der Waals surface area (Å²) in [5, 5.41) is 11.7. The fourth-order valence-corrected chi connectivity index (χ4v) is 3.63. The van der Waals surface area contributed by atoms with Gasteiger partial charge >= 0.3 is 5.97 Å². The molecule has 2 heterocycles. The highest BCUT2D eigenvalue weighted by Crippen LogP contribution is 2.12. The fraction of sp³-hybridized carbons (Fsp3) is 0.727. The molecule has 11 heteroatoms. The van der Waals surface area contributed by atoms with Crippen LogP contribution in [0.3, 0.4) is 0 Å². The van der Waals surface area contributed by atoms with Gasteiger partial charge in [0.15, 0.2) is 9.84 Å². The minimum Gasteiger partial charge on any atom is -0.434 e. The summed E-state index contributed by atoms with van der Waals surface area (Å²) in [5.41, 5.74) is 5.52. The third kappa shape index (κ3) is 3.93. The van der Waals surface area contributed by atoms with Crippen molar-refractivity contribution in [2.45, 2.75) is 24.8 Å². The van der Waals surface area contributed by atoms with E-state index in [2.05, 4.69) is 10.1 Å². The molecular formula is C11H17N3O7S. The molecular weight excluding hydrogens is 318 g/mol. The molecule has 2 amide bonds. The molecule has 0 saturated carbocycles. The second-order valence-corrected chi connectivity index (χ2v) is 7.47. The fourth-order valence-electron chi connectivity index (χ4n) is 2.27. The number of amides is 2. The second kappa shape index (κ2) is 6.18. The van der Waals surface area contributed by atoms with Gasteiger partial charge in [0, 0.05) is 6.54 Å². The van der Waals surface area contributed by atoms with Gasteiger partial charge in [-0.3, -0.25) is 14.4 Å². The van der Waals surface area contributed by atoms with Crippen molar-refractivity contribution in [3.05, 3.63) is 0 Å². The zero-order valence-corrected chi connectivity index (χ0v) is 12.4. The summed E-state index contributed by atoms with van der Waals surface area (Å²) in [6.07, 6.45) is -1.60. The Bertz CT molecular complexity index is 590. The van der Waals surface area contributed by atoms with Crippen LogP contribution in [0.15, 0.2) is 0 Å². The van der Waals surface area contributed by atoms with E-state index >= 15 is 0 Å². The van der Waals surface area contributed by atoms with E-state index in [1.807, 2.05) is 0 Å². The van der Waals surface area contributed by atoms with Crippen molar-refractivity contribution in [2.24, 2.45) is 5.73 Å². The van der Waals surface area contributed by atoms with Crippen molar-refractivity contribution < 1.29 is 32.6 Å². The van der Waals surface area contributed by atoms with Gasteiger partial charge in [-0.05, 0) is 0 Å². The number of nitrogens with one attached hydrogen (secondary N) is 1. The summed E-state index contributed by atoms with van der Waals surface area (Å²) >= 11 is 0. The van der Waals surface area contributed by atoms with Gasteiger partial charge in [0.05, 0.1) is 30.5 Å². The van der Waals surface area contributed by atoms with E-state index in [0.717, 1.165) is 4.90 Å². The molecule has 0 spiro atoms. The largest absolute Gasteiger partial charge is 0.434 e. The average molecular weight is 335 g/mol. The number of ether oxygens (including phenoxy) is 1. The molecule has 3 unspecified atom stereocenters. The molecule has 0 aromatic carbocycles. The topological polar surface area (TPSA) is 156 Å². The van der Waals surface area contributed by atoms with E-state index in [1.165, 1.54) is 0 Å². The van der Waals surface area contributed by atoms with Crippen LogP contribution in [-0.4, -0.2) is 79.2 Å². The van der Waals surface area contributed by atoms with Gasteiger partial charge in [0.25, 0.3) is 0 Å². The molecule has 0 aromatic rings. The predicted molar refractivity (Wildman–Crippen MR) is 71.9 cm³/mol. The molecule has 124 valence electrons. The summed E-state index contributed by atoms with van der Waals surface area (Å²) in [7, 11) is -3.43. The number of rotatable bonds is 3. The van der Waals surface area contributed by atoms with Crippen LogP contribution in [0.5, 0.6) is 0 Å². The van der Waals surface area contributed by atoms with Crippen molar-refractivity contribution >= 4 is 27.6 Å². The highest BCUT2D eigenvalue weighted by Gasteiger charge is 2.36. The molecule has 2 rings (SSSR count). The zero-order chi connectivity index (χ0) is 16.5. The number of carbonyl (C=O) groups is 3. The van der Waals surface area contributed by atoms with Gasteiger partial charge in [0.1, 0.15) is 6.04 Å². The number of sulfone groups is 1. The minimum absolute atomic E-state index is 0.134. The number of nitrogens with two attached hydrogens (primary N) is 1. The van der Waals surface area contributed by atoms with Gasteiger partial charge in [-0.25, -0.2) is 8.42 Å². The molecule has 0 aromatic heterocycles. The first kappa shape index (κ1) is 16.6. The Labute approximate surface area is 126 Å². The quantitative estimate of drug-likeness (QED) is 0.445. The van der Waals surface area contributed by atoms with Crippen LogP contribution in [0, 0.1) is 0 Å². The molecule has 2 fully saturated rings. The number of aliphatic hydroxyl groups is 1. The van der Waals surface area contributed by atoms with Crippen LogP contribution in [0.25, 0.3) is 0 Å². The van der Waals surface area contributed by atoms with Gasteiger partial charge in [-0.15, -0.1) is 0 Å². The van der Waals surface area contributed by atoms with Crippen LogP contribution >= 0.6 is 0 Å². The van der Waals surface area contributed by atoms with E-state index in [1.54, 1.807) is 0 Å². The Morgan fingerprint density at radius 3 is 2.73 bits per heavy atom. The van der Waals surface area contributed by atoms with E-state index < -0.39 is 58.3 Å². The lowest BCUT2D eigenvalue weighted by Gasteiger charge is -2.22. The van der Waals surface area contributed by atoms with Gasteiger partial charge < -0.3 is 25.8 Å². The minimum atomic E-state index is -3.43. The monoisotopic (exact) mass is 335 g/mol. The normalized spacial score (nSPS) is 31.5. The van der Waals surface area contributed by atoms with Crippen molar-refractivity contribution in [3.8, 4) is 0 Å². The number of esters is 1. The number of carbonyl (C=O) groups excluding carboxylic acids is 3. The van der Waals surface area contributed by atoms with Crippen LogP contribution in [0.4, 0.5) is 0 Å².